The largest absolute Gasteiger partial charge is 0.480 e. The standard InChI is InChI=1S/C28H22ClNO4/c29-16-12-13-25-23(14-16)21-10-5-11-22(21)26(27(31)32)30(25)28(33)34-15-24-19-8-3-1-6-17(19)18-7-2-4-9-20(18)24/h1-10,12-14,21-22,24,26H,11,15H2,(H,31,32)/t21-,22+,26-/m1/s1. The first-order chi connectivity index (χ1) is 16.5. The fraction of sp³-hybridized carbons (Fsp3) is 0.214. The quantitative estimate of drug-likeness (QED) is 0.460. The molecule has 0 bridgehead atoms. The number of allylic oxidation sites excluding steroid dienone is 2. The number of carboxylic acid groups (broad SMARTS) is 1. The summed E-state index contributed by atoms with van der Waals surface area (Å²) in [4.78, 5) is 27.2. The lowest BCUT2D eigenvalue weighted by Gasteiger charge is -2.41. The van der Waals surface area contributed by atoms with E-state index in [4.69, 9.17) is 16.3 Å². The van der Waals surface area contributed by atoms with Crippen molar-refractivity contribution in [3.8, 4) is 11.1 Å². The van der Waals surface area contributed by atoms with Gasteiger partial charge in [0.25, 0.3) is 0 Å². The van der Waals surface area contributed by atoms with E-state index in [-0.39, 0.29) is 24.4 Å². The second-order valence-electron chi connectivity index (χ2n) is 9.01. The predicted octanol–water partition coefficient (Wildman–Crippen LogP) is 6.22. The fourth-order valence-corrected chi connectivity index (χ4v) is 6.03. The minimum absolute atomic E-state index is 0.0903. The van der Waals surface area contributed by atoms with E-state index in [1.807, 2.05) is 42.5 Å². The molecule has 3 atom stereocenters. The van der Waals surface area contributed by atoms with Crippen LogP contribution in [-0.4, -0.2) is 29.8 Å². The van der Waals surface area contributed by atoms with Gasteiger partial charge in [-0.1, -0.05) is 72.3 Å². The first kappa shape index (κ1) is 21.0. The van der Waals surface area contributed by atoms with Crippen molar-refractivity contribution in [2.24, 2.45) is 5.92 Å². The number of halogens is 1. The molecule has 1 N–H and O–H groups in total. The van der Waals surface area contributed by atoms with Crippen LogP contribution in [0.4, 0.5) is 10.5 Å². The van der Waals surface area contributed by atoms with Crippen molar-refractivity contribution in [1.82, 2.24) is 0 Å². The minimum Gasteiger partial charge on any atom is -0.480 e. The molecule has 1 aliphatic heterocycles. The van der Waals surface area contributed by atoms with Crippen LogP contribution in [0.15, 0.2) is 78.9 Å². The van der Waals surface area contributed by atoms with E-state index in [0.717, 1.165) is 27.8 Å². The zero-order chi connectivity index (χ0) is 23.4. The highest BCUT2D eigenvalue weighted by atomic mass is 35.5. The summed E-state index contributed by atoms with van der Waals surface area (Å²) in [6, 6.07) is 20.5. The fourth-order valence-electron chi connectivity index (χ4n) is 5.85. The summed E-state index contributed by atoms with van der Waals surface area (Å²) >= 11 is 6.26. The van der Waals surface area contributed by atoms with E-state index in [9.17, 15) is 14.7 Å². The average molecular weight is 472 g/mol. The molecule has 0 aromatic heterocycles. The maximum atomic E-state index is 13.5. The molecule has 0 fully saturated rings. The maximum Gasteiger partial charge on any atom is 0.415 e. The number of carbonyl (C=O) groups excluding carboxylic acids is 1. The zero-order valence-electron chi connectivity index (χ0n) is 18.2. The Morgan fingerprint density at radius 1 is 0.971 bits per heavy atom. The molecule has 6 rings (SSSR count). The van der Waals surface area contributed by atoms with Gasteiger partial charge in [0.15, 0.2) is 0 Å². The van der Waals surface area contributed by atoms with Gasteiger partial charge in [-0.3, -0.25) is 4.90 Å². The Bertz CT molecular complexity index is 1300. The normalized spacial score (nSPS) is 22.0. The van der Waals surface area contributed by atoms with Gasteiger partial charge >= 0.3 is 12.1 Å². The molecule has 6 heteroatoms. The highest BCUT2D eigenvalue weighted by Crippen LogP contribution is 2.49. The van der Waals surface area contributed by atoms with Crippen LogP contribution in [0.25, 0.3) is 11.1 Å². The summed E-state index contributed by atoms with van der Waals surface area (Å²) in [7, 11) is 0. The van der Waals surface area contributed by atoms with Gasteiger partial charge in [0.05, 0.1) is 5.69 Å². The number of fused-ring (bicyclic) bond motifs is 6. The van der Waals surface area contributed by atoms with Crippen LogP contribution >= 0.6 is 11.6 Å². The SMILES string of the molecule is O=C(O)[C@H]1[C@H]2CC=C[C@H]2c2cc(Cl)ccc2N1C(=O)OCC1c2ccccc2-c2ccccc21. The topological polar surface area (TPSA) is 66.8 Å². The second kappa shape index (κ2) is 8.03. The lowest BCUT2D eigenvalue weighted by molar-refractivity contribution is -0.140. The van der Waals surface area contributed by atoms with E-state index in [1.54, 1.807) is 12.1 Å². The number of hydrogen-bond acceptors (Lipinski definition) is 3. The van der Waals surface area contributed by atoms with Crippen molar-refractivity contribution < 1.29 is 19.4 Å². The average Bonchev–Trinajstić information content (AvgIpc) is 3.45. The summed E-state index contributed by atoms with van der Waals surface area (Å²) in [5.74, 6) is -1.49. The number of amides is 1. The van der Waals surface area contributed by atoms with Crippen LogP contribution in [0.1, 0.15) is 34.9 Å². The summed E-state index contributed by atoms with van der Waals surface area (Å²) < 4.78 is 5.87. The molecule has 5 nitrogen and oxygen atoms in total. The predicted molar refractivity (Wildman–Crippen MR) is 130 cm³/mol. The number of aliphatic carboxylic acids is 1. The van der Waals surface area contributed by atoms with E-state index >= 15 is 0 Å². The number of benzene rings is 3. The number of carbonyl (C=O) groups is 2. The Kier molecular flexibility index (Phi) is 4.96. The molecule has 1 amide bonds. The van der Waals surface area contributed by atoms with Gasteiger partial charge in [-0.15, -0.1) is 0 Å². The third-order valence-electron chi connectivity index (χ3n) is 7.29. The minimum atomic E-state index is -1.03. The highest BCUT2D eigenvalue weighted by molar-refractivity contribution is 6.30. The zero-order valence-corrected chi connectivity index (χ0v) is 19.0. The van der Waals surface area contributed by atoms with Crippen molar-refractivity contribution in [3.63, 3.8) is 0 Å². The van der Waals surface area contributed by atoms with Gasteiger partial charge < -0.3 is 9.84 Å². The molecule has 34 heavy (non-hydrogen) atoms. The van der Waals surface area contributed by atoms with Crippen molar-refractivity contribution in [1.29, 1.82) is 0 Å². The monoisotopic (exact) mass is 471 g/mol. The Morgan fingerprint density at radius 3 is 2.32 bits per heavy atom. The third kappa shape index (κ3) is 3.15. The van der Waals surface area contributed by atoms with Crippen molar-refractivity contribution >= 4 is 29.4 Å². The van der Waals surface area contributed by atoms with Gasteiger partial charge in [-0.05, 0) is 52.4 Å². The molecule has 0 unspecified atom stereocenters. The molecule has 3 aliphatic rings. The second-order valence-corrected chi connectivity index (χ2v) is 9.45. The lowest BCUT2D eigenvalue weighted by atomic mass is 9.78. The van der Waals surface area contributed by atoms with E-state index < -0.39 is 18.1 Å². The van der Waals surface area contributed by atoms with Gasteiger partial charge in [-0.2, -0.15) is 0 Å². The van der Waals surface area contributed by atoms with Gasteiger partial charge in [-0.25, -0.2) is 9.59 Å². The summed E-state index contributed by atoms with van der Waals surface area (Å²) in [5.41, 5.74) is 5.90. The third-order valence-corrected chi connectivity index (χ3v) is 7.53. The molecule has 0 saturated carbocycles. The molecule has 0 saturated heterocycles. The Labute approximate surface area is 202 Å². The molecule has 170 valence electrons. The number of nitrogens with zero attached hydrogens (tertiary/aromatic N) is 1. The summed E-state index contributed by atoms with van der Waals surface area (Å²) in [5, 5.41) is 10.7. The smallest absolute Gasteiger partial charge is 0.415 e. The van der Waals surface area contributed by atoms with Crippen LogP contribution in [0.5, 0.6) is 0 Å². The van der Waals surface area contributed by atoms with Gasteiger partial charge in [0.1, 0.15) is 12.6 Å². The first-order valence-corrected chi connectivity index (χ1v) is 11.8. The molecular formula is C28H22ClNO4. The van der Waals surface area contributed by atoms with Crippen LogP contribution in [0.3, 0.4) is 0 Å². The van der Waals surface area contributed by atoms with E-state index in [1.165, 1.54) is 4.90 Å². The molecular weight excluding hydrogens is 450 g/mol. The summed E-state index contributed by atoms with van der Waals surface area (Å²) in [6.07, 6.45) is 3.94. The molecule has 0 radical (unpaired) electrons. The van der Waals surface area contributed by atoms with Gasteiger partial charge in [0.2, 0.25) is 0 Å². The van der Waals surface area contributed by atoms with Crippen molar-refractivity contribution in [2.75, 3.05) is 11.5 Å². The lowest BCUT2D eigenvalue weighted by Crippen LogP contribution is -2.53. The van der Waals surface area contributed by atoms with Crippen LogP contribution in [0, 0.1) is 5.92 Å². The van der Waals surface area contributed by atoms with E-state index in [2.05, 4.69) is 24.3 Å². The van der Waals surface area contributed by atoms with Crippen LogP contribution in [-0.2, 0) is 9.53 Å². The van der Waals surface area contributed by atoms with Crippen LogP contribution in [0.2, 0.25) is 5.02 Å². The number of anilines is 1. The number of ether oxygens (including phenoxy) is 1. The first-order valence-electron chi connectivity index (χ1n) is 11.4. The molecule has 3 aromatic rings. The summed E-state index contributed by atoms with van der Waals surface area (Å²) in [6.45, 7) is 0.130. The van der Waals surface area contributed by atoms with Crippen molar-refractivity contribution in [2.45, 2.75) is 24.3 Å². The molecule has 3 aromatic carbocycles. The number of rotatable bonds is 3. The highest BCUT2D eigenvalue weighted by Gasteiger charge is 2.48. The Morgan fingerprint density at radius 2 is 1.65 bits per heavy atom. The molecule has 2 aliphatic carbocycles. The Balaban J connectivity index is 1.34. The number of carboxylic acids is 1. The molecule has 1 heterocycles. The number of hydrogen-bond donors (Lipinski definition) is 1. The van der Waals surface area contributed by atoms with Crippen LogP contribution < -0.4 is 4.90 Å². The van der Waals surface area contributed by atoms with E-state index in [0.29, 0.717) is 17.1 Å². The Hall–Kier alpha value is -3.57. The molecule has 0 spiro atoms. The maximum absolute atomic E-state index is 13.5. The van der Waals surface area contributed by atoms with Crippen molar-refractivity contribution in [3.05, 3.63) is 101 Å². The van der Waals surface area contributed by atoms with Gasteiger partial charge in [0, 0.05) is 22.8 Å².